The van der Waals surface area contributed by atoms with E-state index in [1.165, 1.54) is 11.3 Å². The van der Waals surface area contributed by atoms with Crippen LogP contribution in [0.2, 0.25) is 0 Å². The molecule has 0 atom stereocenters. The normalized spacial score (nSPS) is 11.6. The number of rotatable bonds is 7. The van der Waals surface area contributed by atoms with E-state index in [1.54, 1.807) is 60.9 Å². The Balaban J connectivity index is 1.46. The van der Waals surface area contributed by atoms with Crippen molar-refractivity contribution in [1.82, 2.24) is 14.7 Å². The summed E-state index contributed by atoms with van der Waals surface area (Å²) in [5.74, 6) is -0.164. The van der Waals surface area contributed by atoms with Crippen molar-refractivity contribution in [2.45, 2.75) is 32.9 Å². The van der Waals surface area contributed by atoms with Gasteiger partial charge in [0.2, 0.25) is 5.95 Å². The van der Waals surface area contributed by atoms with Gasteiger partial charge < -0.3 is 19.1 Å². The Bertz CT molecular complexity index is 1630. The molecule has 0 radical (unpaired) electrons. The van der Waals surface area contributed by atoms with Crippen molar-refractivity contribution < 1.29 is 19.2 Å². The lowest BCUT2D eigenvalue weighted by Crippen LogP contribution is -2.27. The van der Waals surface area contributed by atoms with Gasteiger partial charge in [-0.1, -0.05) is 23.4 Å². The number of amides is 2. The molecule has 0 aliphatic heterocycles. The number of benzene rings is 2. The highest BCUT2D eigenvalue weighted by Gasteiger charge is 2.23. The van der Waals surface area contributed by atoms with E-state index in [0.717, 1.165) is 21.7 Å². The molecule has 5 aromatic rings. The summed E-state index contributed by atoms with van der Waals surface area (Å²) in [4.78, 5) is 33.7. The smallest absolute Gasteiger partial charge is 0.268 e. The molecule has 3 heterocycles. The van der Waals surface area contributed by atoms with Crippen LogP contribution in [0.4, 0.5) is 11.6 Å². The predicted octanol–water partition coefficient (Wildman–Crippen LogP) is 5.36. The average Bonchev–Trinajstić information content (AvgIpc) is 3.62. The van der Waals surface area contributed by atoms with Gasteiger partial charge in [-0.15, -0.1) is 11.3 Å². The summed E-state index contributed by atoms with van der Waals surface area (Å²) in [6, 6.07) is 18.1. The number of imidazole rings is 1. The highest BCUT2D eigenvalue weighted by Crippen LogP contribution is 2.31. The number of nitrogens with one attached hydrogen (secondary N) is 1. The molecule has 9 nitrogen and oxygen atoms in total. The molecule has 0 spiro atoms. The van der Waals surface area contributed by atoms with Gasteiger partial charge in [0.05, 0.1) is 39.3 Å². The number of aryl methyl sites for hydroxylation is 1. The zero-order valence-corrected chi connectivity index (χ0v) is 22.2. The van der Waals surface area contributed by atoms with E-state index >= 15 is 0 Å². The number of aliphatic hydroxyl groups is 1. The van der Waals surface area contributed by atoms with Crippen molar-refractivity contribution in [1.29, 1.82) is 0 Å². The molecule has 194 valence electrons. The van der Waals surface area contributed by atoms with Gasteiger partial charge in [-0.05, 0) is 63.2 Å². The number of aromatic nitrogens is 3. The second kappa shape index (κ2) is 9.88. The van der Waals surface area contributed by atoms with Crippen LogP contribution in [0.15, 0.2) is 71.4 Å². The maximum Gasteiger partial charge on any atom is 0.268 e. The van der Waals surface area contributed by atoms with Crippen molar-refractivity contribution in [3.63, 3.8) is 0 Å². The highest BCUT2D eigenvalue weighted by molar-refractivity contribution is 7.17. The monoisotopic (exact) mass is 529 g/mol. The maximum atomic E-state index is 13.2. The second-order valence-corrected chi connectivity index (χ2v) is 10.8. The van der Waals surface area contributed by atoms with Gasteiger partial charge in [-0.2, -0.15) is 0 Å². The molecule has 2 aromatic carbocycles. The number of carbonyl (C=O) groups excluding carboxylic acids is 2. The minimum Gasteiger partial charge on any atom is -0.389 e. The van der Waals surface area contributed by atoms with Crippen LogP contribution in [-0.2, 0) is 6.54 Å². The van der Waals surface area contributed by atoms with Crippen LogP contribution in [-0.4, -0.2) is 44.3 Å². The fraction of sp³-hybridized carbons (Fsp3) is 0.214. The third-order valence-electron chi connectivity index (χ3n) is 6.06. The molecule has 0 aliphatic rings. The van der Waals surface area contributed by atoms with E-state index in [4.69, 9.17) is 4.52 Å². The largest absolute Gasteiger partial charge is 0.389 e. The summed E-state index contributed by atoms with van der Waals surface area (Å²) in [5, 5.41) is 17.4. The molecule has 0 saturated heterocycles. The molecular formula is C28H27N5O4S. The van der Waals surface area contributed by atoms with Crippen LogP contribution in [0.25, 0.3) is 21.5 Å². The molecule has 0 bridgehead atoms. The Kier molecular flexibility index (Phi) is 6.60. The molecule has 0 fully saturated rings. The molecule has 0 aliphatic carbocycles. The lowest BCUT2D eigenvalue weighted by atomic mass is 10.1. The van der Waals surface area contributed by atoms with Crippen molar-refractivity contribution in [3.8, 4) is 10.4 Å². The van der Waals surface area contributed by atoms with Gasteiger partial charge in [0.25, 0.3) is 11.8 Å². The van der Waals surface area contributed by atoms with E-state index < -0.39 is 5.60 Å². The SMILES string of the molecule is Cc1nocc1-c1ccc(C(=O)Nc2nc3cc(N(C)C(=O)c4ccccc4)ccc3n2CC(C)(C)O)s1. The number of nitrogens with zero attached hydrogens (tertiary/aromatic N) is 4. The third kappa shape index (κ3) is 5.09. The Morgan fingerprint density at radius 1 is 1.13 bits per heavy atom. The number of hydrogen-bond acceptors (Lipinski definition) is 7. The molecule has 3 aromatic heterocycles. The first-order valence-electron chi connectivity index (χ1n) is 12.0. The molecule has 0 saturated carbocycles. The summed E-state index contributed by atoms with van der Waals surface area (Å²) in [6.07, 6.45) is 1.56. The van der Waals surface area contributed by atoms with Crippen LogP contribution in [0.5, 0.6) is 0 Å². The Morgan fingerprint density at radius 2 is 1.89 bits per heavy atom. The number of carbonyl (C=O) groups is 2. The minimum atomic E-state index is -1.06. The summed E-state index contributed by atoms with van der Waals surface area (Å²) in [6.45, 7) is 5.43. The first-order chi connectivity index (χ1) is 18.1. The minimum absolute atomic E-state index is 0.147. The predicted molar refractivity (Wildman–Crippen MR) is 148 cm³/mol. The van der Waals surface area contributed by atoms with Crippen LogP contribution in [0, 0.1) is 6.92 Å². The van der Waals surface area contributed by atoms with Crippen LogP contribution >= 0.6 is 11.3 Å². The lowest BCUT2D eigenvalue weighted by molar-refractivity contribution is 0.0630. The number of thiophene rings is 1. The van der Waals surface area contributed by atoms with Crippen LogP contribution in [0.3, 0.4) is 0 Å². The van der Waals surface area contributed by atoms with Gasteiger partial charge >= 0.3 is 0 Å². The Labute approximate surface area is 223 Å². The van der Waals surface area contributed by atoms with Crippen molar-refractivity contribution in [2.24, 2.45) is 0 Å². The molecule has 38 heavy (non-hydrogen) atoms. The average molecular weight is 530 g/mol. The van der Waals surface area contributed by atoms with Gasteiger partial charge in [-0.3, -0.25) is 14.9 Å². The third-order valence-corrected chi connectivity index (χ3v) is 7.18. The second-order valence-electron chi connectivity index (χ2n) is 9.67. The molecular weight excluding hydrogens is 502 g/mol. The fourth-order valence-electron chi connectivity index (χ4n) is 4.16. The zero-order chi connectivity index (χ0) is 27.0. The van der Waals surface area contributed by atoms with E-state index in [9.17, 15) is 14.7 Å². The molecule has 2 N–H and O–H groups in total. The van der Waals surface area contributed by atoms with Gasteiger partial charge in [0.15, 0.2) is 0 Å². The summed E-state index contributed by atoms with van der Waals surface area (Å²) < 4.78 is 6.79. The molecule has 5 rings (SSSR count). The quantitative estimate of drug-likeness (QED) is 0.293. The molecule has 2 amide bonds. The van der Waals surface area contributed by atoms with Crippen molar-refractivity contribution >= 4 is 45.8 Å². The van der Waals surface area contributed by atoms with Crippen molar-refractivity contribution in [3.05, 3.63) is 83.1 Å². The van der Waals surface area contributed by atoms with Gasteiger partial charge in [0.1, 0.15) is 6.26 Å². The molecule has 10 heteroatoms. The standard InChI is InChI=1S/C28H27N5O4S/c1-17-20(15-37-31-17)23-12-13-24(38-23)25(34)30-27-29-21-14-19(10-11-22(21)33(27)16-28(2,3)36)32(4)26(35)18-8-6-5-7-9-18/h5-15,36H,16H2,1-4H3,(H,29,30,34). The number of anilines is 2. The van der Waals surface area contributed by atoms with E-state index in [0.29, 0.717) is 27.6 Å². The lowest BCUT2D eigenvalue weighted by Gasteiger charge is -2.20. The number of hydrogen-bond donors (Lipinski definition) is 2. The fourth-order valence-corrected chi connectivity index (χ4v) is 5.12. The topological polar surface area (TPSA) is 113 Å². The molecule has 0 unspecified atom stereocenters. The first kappa shape index (κ1) is 25.4. The summed E-state index contributed by atoms with van der Waals surface area (Å²) in [5.41, 5.74) is 3.06. The summed E-state index contributed by atoms with van der Waals surface area (Å²) >= 11 is 1.32. The van der Waals surface area contributed by atoms with Crippen LogP contribution < -0.4 is 10.2 Å². The van der Waals surface area contributed by atoms with Gasteiger partial charge in [0, 0.05) is 23.2 Å². The highest BCUT2D eigenvalue weighted by atomic mass is 32.1. The maximum absolute atomic E-state index is 13.2. The summed E-state index contributed by atoms with van der Waals surface area (Å²) in [7, 11) is 1.71. The number of fused-ring (bicyclic) bond motifs is 1. The van der Waals surface area contributed by atoms with Gasteiger partial charge in [-0.25, -0.2) is 4.98 Å². The van der Waals surface area contributed by atoms with E-state index in [1.807, 2.05) is 43.3 Å². The first-order valence-corrected chi connectivity index (χ1v) is 12.8. The Morgan fingerprint density at radius 3 is 2.58 bits per heavy atom. The Hall–Kier alpha value is -4.28. The zero-order valence-electron chi connectivity index (χ0n) is 21.4. The van der Waals surface area contributed by atoms with E-state index in [2.05, 4.69) is 15.5 Å². The van der Waals surface area contributed by atoms with E-state index in [-0.39, 0.29) is 18.4 Å². The van der Waals surface area contributed by atoms with Crippen LogP contribution in [0.1, 0.15) is 39.6 Å². The van der Waals surface area contributed by atoms with Crippen molar-refractivity contribution in [2.75, 3.05) is 17.3 Å².